The molecule has 0 fully saturated rings. The quantitative estimate of drug-likeness (QED) is 0.615. The van der Waals surface area contributed by atoms with E-state index in [4.69, 9.17) is 0 Å². The topological polar surface area (TPSA) is 88.5 Å². The average Bonchev–Trinajstić information content (AvgIpc) is 2.93. The number of carbonyl (C=O) groups excluding carboxylic acids is 1. The number of alkyl halides is 3. The summed E-state index contributed by atoms with van der Waals surface area (Å²) in [5.74, 6) is -0.745. The Labute approximate surface area is 179 Å². The molecule has 0 spiro atoms. The lowest BCUT2D eigenvalue weighted by Gasteiger charge is -2.28. The monoisotopic (exact) mass is 473 g/mol. The fraction of sp³-hybridized carbons (Fsp3) is 0.263. The van der Waals surface area contributed by atoms with Gasteiger partial charge in [-0.1, -0.05) is 17.4 Å². The van der Waals surface area contributed by atoms with E-state index in [2.05, 4.69) is 5.32 Å². The summed E-state index contributed by atoms with van der Waals surface area (Å²) in [6.45, 7) is 1.27. The second-order valence-corrected chi connectivity index (χ2v) is 9.73. The molecule has 1 amide bonds. The van der Waals surface area contributed by atoms with Gasteiger partial charge in [-0.15, -0.1) is 0 Å². The molecule has 1 aromatic heterocycles. The van der Waals surface area contributed by atoms with Crippen LogP contribution in [-0.4, -0.2) is 31.2 Å². The molecular formula is C19H18F3N3O4S2. The zero-order chi connectivity index (χ0) is 23.1. The molecule has 2 aromatic carbocycles. The largest absolute Gasteiger partial charge is 0.416 e. The van der Waals surface area contributed by atoms with Gasteiger partial charge in [0.2, 0.25) is 15.9 Å². The highest BCUT2D eigenvalue weighted by Gasteiger charge is 2.34. The van der Waals surface area contributed by atoms with E-state index in [1.54, 1.807) is 25.2 Å². The van der Waals surface area contributed by atoms with Crippen molar-refractivity contribution in [2.45, 2.75) is 19.1 Å². The van der Waals surface area contributed by atoms with Gasteiger partial charge in [-0.2, -0.15) is 13.2 Å². The van der Waals surface area contributed by atoms with Crippen LogP contribution < -0.4 is 14.5 Å². The van der Waals surface area contributed by atoms with Gasteiger partial charge in [0.05, 0.1) is 27.7 Å². The normalized spacial score (nSPS) is 13.2. The number of hydrogen-bond donors (Lipinski definition) is 1. The maximum absolute atomic E-state index is 13.1. The predicted molar refractivity (Wildman–Crippen MR) is 114 cm³/mol. The van der Waals surface area contributed by atoms with E-state index in [0.29, 0.717) is 26.3 Å². The van der Waals surface area contributed by atoms with Gasteiger partial charge in [0, 0.05) is 12.7 Å². The number of halogens is 3. The van der Waals surface area contributed by atoms with Gasteiger partial charge in [0.15, 0.2) is 0 Å². The summed E-state index contributed by atoms with van der Waals surface area (Å²) in [6, 6.07) is 7.17. The molecule has 0 bridgehead atoms. The Bertz CT molecular complexity index is 1310. The molecular weight excluding hydrogens is 455 g/mol. The van der Waals surface area contributed by atoms with Gasteiger partial charge >= 0.3 is 11.0 Å². The summed E-state index contributed by atoms with van der Waals surface area (Å²) in [5.41, 5.74) is -0.320. The van der Waals surface area contributed by atoms with Gasteiger partial charge in [-0.05, 0) is 43.3 Å². The van der Waals surface area contributed by atoms with Gasteiger partial charge in [0.25, 0.3) is 0 Å². The summed E-state index contributed by atoms with van der Waals surface area (Å²) in [7, 11) is -2.48. The molecule has 166 valence electrons. The van der Waals surface area contributed by atoms with E-state index in [-0.39, 0.29) is 10.6 Å². The van der Waals surface area contributed by atoms with Crippen LogP contribution >= 0.6 is 11.3 Å². The number of sulfonamides is 1. The van der Waals surface area contributed by atoms with Crippen LogP contribution in [0, 0.1) is 0 Å². The van der Waals surface area contributed by atoms with Crippen molar-refractivity contribution in [1.29, 1.82) is 0 Å². The van der Waals surface area contributed by atoms with Crippen molar-refractivity contribution in [2.24, 2.45) is 7.05 Å². The number of fused-ring (bicyclic) bond motifs is 1. The number of nitrogens with one attached hydrogen (secondary N) is 1. The number of amides is 1. The minimum absolute atomic E-state index is 0.181. The zero-order valence-corrected chi connectivity index (χ0v) is 18.2. The van der Waals surface area contributed by atoms with Crippen molar-refractivity contribution in [3.8, 4) is 0 Å². The minimum atomic E-state index is -4.67. The first-order valence-corrected chi connectivity index (χ1v) is 11.5. The van der Waals surface area contributed by atoms with E-state index in [9.17, 15) is 31.2 Å². The highest BCUT2D eigenvalue weighted by atomic mass is 32.2. The number of carbonyl (C=O) groups is 1. The Morgan fingerprint density at radius 2 is 1.87 bits per heavy atom. The molecule has 0 saturated carbocycles. The molecule has 1 heterocycles. The molecule has 3 rings (SSSR count). The summed E-state index contributed by atoms with van der Waals surface area (Å²) < 4.78 is 66.6. The van der Waals surface area contributed by atoms with Crippen molar-refractivity contribution in [3.63, 3.8) is 0 Å². The number of nitrogens with zero attached hydrogens (tertiary/aromatic N) is 2. The van der Waals surface area contributed by atoms with Crippen LogP contribution in [0.15, 0.2) is 47.3 Å². The Morgan fingerprint density at radius 3 is 2.48 bits per heavy atom. The lowest BCUT2D eigenvalue weighted by Crippen LogP contribution is -2.45. The summed E-state index contributed by atoms with van der Waals surface area (Å²) in [5, 5.41) is 2.56. The molecule has 0 aliphatic heterocycles. The summed E-state index contributed by atoms with van der Waals surface area (Å²) in [6.07, 6.45) is -3.86. The van der Waals surface area contributed by atoms with Crippen molar-refractivity contribution in [3.05, 3.63) is 57.7 Å². The highest BCUT2D eigenvalue weighted by Crippen LogP contribution is 2.33. The molecule has 31 heavy (non-hydrogen) atoms. The fourth-order valence-electron chi connectivity index (χ4n) is 3.09. The van der Waals surface area contributed by atoms with Gasteiger partial charge in [-0.25, -0.2) is 8.42 Å². The summed E-state index contributed by atoms with van der Waals surface area (Å²) in [4.78, 5) is 24.4. The first kappa shape index (κ1) is 22.8. The number of rotatable bonds is 5. The maximum atomic E-state index is 13.1. The average molecular weight is 473 g/mol. The van der Waals surface area contributed by atoms with Gasteiger partial charge < -0.3 is 9.88 Å². The lowest BCUT2D eigenvalue weighted by atomic mass is 10.1. The van der Waals surface area contributed by atoms with E-state index >= 15 is 0 Å². The molecule has 0 aliphatic rings. The Kier molecular flexibility index (Phi) is 5.89. The van der Waals surface area contributed by atoms with Crippen molar-refractivity contribution >= 4 is 48.9 Å². The smallest absolute Gasteiger partial charge is 0.324 e. The molecule has 0 unspecified atom stereocenters. The molecule has 1 atom stereocenters. The molecule has 1 N–H and O–H groups in total. The Balaban J connectivity index is 1.93. The molecule has 7 nitrogen and oxygen atoms in total. The molecule has 0 saturated heterocycles. The van der Waals surface area contributed by atoms with Crippen LogP contribution in [0.4, 0.5) is 24.5 Å². The molecule has 0 aliphatic carbocycles. The third-order valence-corrected chi connectivity index (χ3v) is 6.81. The first-order chi connectivity index (χ1) is 14.3. The summed E-state index contributed by atoms with van der Waals surface area (Å²) >= 11 is 0.983. The third-order valence-electron chi connectivity index (χ3n) is 4.58. The minimum Gasteiger partial charge on any atom is -0.324 e. The Morgan fingerprint density at radius 1 is 1.19 bits per heavy atom. The van der Waals surface area contributed by atoms with Crippen LogP contribution in [0.25, 0.3) is 10.2 Å². The first-order valence-electron chi connectivity index (χ1n) is 8.86. The van der Waals surface area contributed by atoms with E-state index < -0.39 is 33.7 Å². The van der Waals surface area contributed by atoms with Crippen molar-refractivity contribution in [2.75, 3.05) is 15.9 Å². The fourth-order valence-corrected chi connectivity index (χ4v) is 5.17. The second-order valence-electron chi connectivity index (χ2n) is 6.88. The Hall–Kier alpha value is -2.86. The maximum Gasteiger partial charge on any atom is 0.416 e. The van der Waals surface area contributed by atoms with E-state index in [1.807, 2.05) is 0 Å². The number of anilines is 2. The number of hydrogen-bond acceptors (Lipinski definition) is 5. The SMILES string of the molecule is C[C@@H](C(=O)Nc1ccc2c(c1)sc(=O)n2C)N(c1cccc(C(F)(F)F)c1)S(C)(=O)=O. The van der Waals surface area contributed by atoms with Crippen LogP contribution in [0.2, 0.25) is 0 Å². The van der Waals surface area contributed by atoms with Crippen molar-refractivity contribution < 1.29 is 26.4 Å². The third kappa shape index (κ3) is 4.74. The van der Waals surface area contributed by atoms with Crippen LogP contribution in [0.5, 0.6) is 0 Å². The number of thiazole rings is 1. The number of benzene rings is 2. The standard InChI is InChI=1S/C19H18F3N3O4S2/c1-11(17(26)23-13-7-8-15-16(10-13)30-18(27)24(15)2)25(31(3,28)29)14-6-4-5-12(9-14)19(20,21)22/h4-11H,1-3H3,(H,23,26)/t11-/m0/s1. The number of aryl methyl sites for hydroxylation is 1. The zero-order valence-electron chi connectivity index (χ0n) is 16.6. The van der Waals surface area contributed by atoms with Gasteiger partial charge in [-0.3, -0.25) is 13.9 Å². The predicted octanol–water partition coefficient (Wildman–Crippen LogP) is 3.41. The van der Waals surface area contributed by atoms with E-state index in [1.165, 1.54) is 17.6 Å². The van der Waals surface area contributed by atoms with Crippen LogP contribution in [-0.2, 0) is 28.0 Å². The van der Waals surface area contributed by atoms with Gasteiger partial charge in [0.1, 0.15) is 6.04 Å². The van der Waals surface area contributed by atoms with E-state index in [0.717, 1.165) is 29.7 Å². The lowest BCUT2D eigenvalue weighted by molar-refractivity contribution is -0.137. The number of aromatic nitrogens is 1. The van der Waals surface area contributed by atoms with Crippen molar-refractivity contribution in [1.82, 2.24) is 4.57 Å². The molecule has 12 heteroatoms. The molecule has 0 radical (unpaired) electrons. The molecule has 3 aromatic rings. The second kappa shape index (κ2) is 8.00. The highest BCUT2D eigenvalue weighted by molar-refractivity contribution is 7.92. The van der Waals surface area contributed by atoms with Crippen LogP contribution in [0.1, 0.15) is 12.5 Å². The van der Waals surface area contributed by atoms with Crippen LogP contribution in [0.3, 0.4) is 0 Å².